The topological polar surface area (TPSA) is 104 Å². The van der Waals surface area contributed by atoms with E-state index in [9.17, 15) is 22.4 Å². The molecule has 0 heterocycles. The van der Waals surface area contributed by atoms with Gasteiger partial charge in [-0.25, -0.2) is 12.8 Å². The molecular weight excluding hydrogens is 361 g/mol. The van der Waals surface area contributed by atoms with Crippen LogP contribution in [0.3, 0.4) is 0 Å². The van der Waals surface area contributed by atoms with Crippen molar-refractivity contribution >= 4 is 38.7 Å². The van der Waals surface area contributed by atoms with Crippen LogP contribution in [0, 0.1) is 5.82 Å². The van der Waals surface area contributed by atoms with Crippen molar-refractivity contribution < 1.29 is 22.4 Å². The van der Waals surface area contributed by atoms with Crippen LogP contribution in [-0.4, -0.2) is 33.0 Å². The zero-order chi connectivity index (χ0) is 19.3. The lowest BCUT2D eigenvalue weighted by atomic mass is 10.2. The van der Waals surface area contributed by atoms with Crippen molar-refractivity contribution in [2.24, 2.45) is 0 Å². The van der Waals surface area contributed by atoms with Crippen LogP contribution in [0.15, 0.2) is 47.4 Å². The number of rotatable bonds is 6. The second kappa shape index (κ2) is 7.96. The van der Waals surface area contributed by atoms with Gasteiger partial charge in [-0.05, 0) is 36.4 Å². The lowest BCUT2D eigenvalue weighted by Crippen LogP contribution is -2.22. The number of carbonyl (C=O) groups is 2. The quantitative estimate of drug-likeness (QED) is 0.714. The molecule has 0 radical (unpaired) electrons. The van der Waals surface area contributed by atoms with E-state index in [0.717, 1.165) is 12.3 Å². The number of anilines is 3. The van der Waals surface area contributed by atoms with E-state index < -0.39 is 26.5 Å². The molecule has 0 spiro atoms. The highest BCUT2D eigenvalue weighted by Gasteiger charge is 2.19. The minimum atomic E-state index is -3.79. The predicted molar refractivity (Wildman–Crippen MR) is 97.4 cm³/mol. The molecule has 0 atom stereocenters. The monoisotopic (exact) mass is 379 g/mol. The molecule has 2 rings (SSSR count). The summed E-state index contributed by atoms with van der Waals surface area (Å²) in [5.41, 5.74) is 1.10. The van der Waals surface area contributed by atoms with Gasteiger partial charge in [0.1, 0.15) is 10.7 Å². The number of halogens is 1. The third kappa shape index (κ3) is 5.28. The Balaban J connectivity index is 2.02. The summed E-state index contributed by atoms with van der Waals surface area (Å²) < 4.78 is 37.2. The zero-order valence-electron chi connectivity index (χ0n) is 14.2. The molecule has 0 saturated heterocycles. The largest absolute Gasteiger partial charge is 0.375 e. The van der Waals surface area contributed by atoms with Crippen LogP contribution in [0.25, 0.3) is 0 Å². The van der Waals surface area contributed by atoms with Crippen LogP contribution in [0.2, 0.25) is 0 Å². The lowest BCUT2D eigenvalue weighted by Gasteiger charge is -2.12. The Kier molecular flexibility index (Phi) is 5.93. The summed E-state index contributed by atoms with van der Waals surface area (Å²) in [6.45, 7) is 1.14. The highest BCUT2D eigenvalue weighted by atomic mass is 32.2. The number of carbonyl (C=O) groups excluding carboxylic acids is 2. The first-order valence-corrected chi connectivity index (χ1v) is 9.46. The number of amides is 2. The van der Waals surface area contributed by atoms with Crippen molar-refractivity contribution in [3.8, 4) is 0 Å². The summed E-state index contributed by atoms with van der Waals surface area (Å²) in [5, 5.41) is 7.84. The first-order valence-electron chi connectivity index (χ1n) is 7.57. The average Bonchev–Trinajstić information content (AvgIpc) is 2.53. The molecule has 0 aliphatic carbocycles. The van der Waals surface area contributed by atoms with Gasteiger partial charge in [0.25, 0.3) is 0 Å². The maximum atomic E-state index is 13.8. The highest BCUT2D eigenvalue weighted by Crippen LogP contribution is 2.24. The molecule has 0 aromatic heterocycles. The van der Waals surface area contributed by atoms with Gasteiger partial charge in [-0.1, -0.05) is 6.07 Å². The van der Waals surface area contributed by atoms with E-state index in [2.05, 4.69) is 16.0 Å². The molecular formula is C17H18FN3O4S. The smallest absolute Gasteiger partial charge is 0.243 e. The summed E-state index contributed by atoms with van der Waals surface area (Å²) in [7, 11) is -3.79. The molecule has 0 unspecified atom stereocenters. The summed E-state index contributed by atoms with van der Waals surface area (Å²) in [4.78, 5) is 22.5. The second-order valence-corrected chi connectivity index (χ2v) is 7.50. The maximum absolute atomic E-state index is 13.8. The minimum absolute atomic E-state index is 0.0173. The molecule has 2 aromatic carbocycles. The number of hydrogen-bond donors (Lipinski definition) is 3. The number of benzene rings is 2. The second-order valence-electron chi connectivity index (χ2n) is 5.55. The predicted octanol–water partition coefficient (Wildman–Crippen LogP) is 2.24. The van der Waals surface area contributed by atoms with Gasteiger partial charge in [0.15, 0.2) is 9.84 Å². The van der Waals surface area contributed by atoms with Gasteiger partial charge < -0.3 is 16.0 Å². The molecule has 2 aromatic rings. The molecule has 2 amide bonds. The molecule has 0 fully saturated rings. The Bertz CT molecular complexity index is 928. The standard InChI is InChI=1S/C17H18FN3O4S/c1-11(22)20-12-6-8-13(9-7-12)21-16(23)10-19-15-5-3-4-14(18)17(15)26(2,24)25/h3-9,19H,10H2,1-2H3,(H,20,22)(H,21,23). The van der Waals surface area contributed by atoms with E-state index in [1.165, 1.54) is 19.1 Å². The van der Waals surface area contributed by atoms with Crippen LogP contribution in [0.1, 0.15) is 6.92 Å². The van der Waals surface area contributed by atoms with Crippen molar-refractivity contribution in [3.63, 3.8) is 0 Å². The highest BCUT2D eigenvalue weighted by molar-refractivity contribution is 7.90. The zero-order valence-corrected chi connectivity index (χ0v) is 15.0. The van der Waals surface area contributed by atoms with E-state index in [4.69, 9.17) is 0 Å². The van der Waals surface area contributed by atoms with E-state index >= 15 is 0 Å². The van der Waals surface area contributed by atoms with Crippen LogP contribution >= 0.6 is 0 Å². The fourth-order valence-electron chi connectivity index (χ4n) is 2.25. The Morgan fingerprint density at radius 1 is 1.00 bits per heavy atom. The Morgan fingerprint density at radius 3 is 2.12 bits per heavy atom. The fourth-order valence-corrected chi connectivity index (χ4v) is 3.21. The first-order chi connectivity index (χ1) is 12.2. The van der Waals surface area contributed by atoms with Crippen LogP contribution in [0.4, 0.5) is 21.5 Å². The summed E-state index contributed by atoms with van der Waals surface area (Å²) in [5.74, 6) is -1.53. The average molecular weight is 379 g/mol. The Morgan fingerprint density at radius 2 is 1.58 bits per heavy atom. The van der Waals surface area contributed by atoms with Crippen molar-refractivity contribution in [1.82, 2.24) is 0 Å². The molecule has 3 N–H and O–H groups in total. The lowest BCUT2D eigenvalue weighted by molar-refractivity contribution is -0.115. The van der Waals surface area contributed by atoms with Crippen molar-refractivity contribution in [3.05, 3.63) is 48.3 Å². The van der Waals surface area contributed by atoms with E-state index in [0.29, 0.717) is 11.4 Å². The van der Waals surface area contributed by atoms with Gasteiger partial charge in [-0.2, -0.15) is 0 Å². The van der Waals surface area contributed by atoms with Crippen LogP contribution in [0.5, 0.6) is 0 Å². The Hall–Kier alpha value is -2.94. The maximum Gasteiger partial charge on any atom is 0.243 e. The number of hydrogen-bond acceptors (Lipinski definition) is 5. The SMILES string of the molecule is CC(=O)Nc1ccc(NC(=O)CNc2cccc(F)c2S(C)(=O)=O)cc1. The van der Waals surface area contributed by atoms with Crippen LogP contribution in [-0.2, 0) is 19.4 Å². The third-order valence-electron chi connectivity index (χ3n) is 3.27. The molecule has 0 aliphatic rings. The van der Waals surface area contributed by atoms with Crippen molar-refractivity contribution in [2.45, 2.75) is 11.8 Å². The van der Waals surface area contributed by atoms with Gasteiger partial charge in [-0.15, -0.1) is 0 Å². The third-order valence-corrected chi connectivity index (χ3v) is 4.42. The minimum Gasteiger partial charge on any atom is -0.375 e. The van der Waals surface area contributed by atoms with E-state index in [1.54, 1.807) is 24.3 Å². The van der Waals surface area contributed by atoms with E-state index in [-0.39, 0.29) is 18.1 Å². The van der Waals surface area contributed by atoms with Gasteiger partial charge in [0.2, 0.25) is 11.8 Å². The number of sulfone groups is 1. The summed E-state index contributed by atoms with van der Waals surface area (Å²) in [6.07, 6.45) is 0.896. The molecule has 138 valence electrons. The molecule has 0 aliphatic heterocycles. The van der Waals surface area contributed by atoms with Gasteiger partial charge in [-0.3, -0.25) is 9.59 Å². The fraction of sp³-hybridized carbons (Fsp3) is 0.176. The van der Waals surface area contributed by atoms with E-state index in [1.807, 2.05) is 0 Å². The molecule has 9 heteroatoms. The Labute approximate surface area is 150 Å². The molecule has 0 saturated carbocycles. The number of nitrogens with one attached hydrogen (secondary N) is 3. The molecule has 0 bridgehead atoms. The normalized spacial score (nSPS) is 10.9. The first kappa shape index (κ1) is 19.4. The molecule has 26 heavy (non-hydrogen) atoms. The van der Waals surface area contributed by atoms with Gasteiger partial charge >= 0.3 is 0 Å². The van der Waals surface area contributed by atoms with Gasteiger partial charge in [0, 0.05) is 24.6 Å². The molecule has 7 nitrogen and oxygen atoms in total. The van der Waals surface area contributed by atoms with Crippen molar-refractivity contribution in [2.75, 3.05) is 28.8 Å². The van der Waals surface area contributed by atoms with Crippen LogP contribution < -0.4 is 16.0 Å². The van der Waals surface area contributed by atoms with Gasteiger partial charge in [0.05, 0.1) is 12.2 Å². The summed E-state index contributed by atoms with van der Waals surface area (Å²) in [6, 6.07) is 10.2. The summed E-state index contributed by atoms with van der Waals surface area (Å²) >= 11 is 0. The van der Waals surface area contributed by atoms with Crippen molar-refractivity contribution in [1.29, 1.82) is 0 Å².